The number of anilines is 3. The molecule has 0 fully saturated rings. The third-order valence-corrected chi connectivity index (χ3v) is 10.7. The van der Waals surface area contributed by atoms with Crippen molar-refractivity contribution in [1.82, 2.24) is 14.5 Å². The van der Waals surface area contributed by atoms with E-state index in [2.05, 4.69) is 186 Å². The van der Waals surface area contributed by atoms with Gasteiger partial charge in [0.15, 0.2) is 0 Å². The summed E-state index contributed by atoms with van der Waals surface area (Å²) >= 11 is 0. The second kappa shape index (κ2) is 15.0. The number of fused-ring (bicyclic) bond motifs is 4. The predicted octanol–water partition coefficient (Wildman–Crippen LogP) is 14.4. The summed E-state index contributed by atoms with van der Waals surface area (Å²) in [6.07, 6.45) is 5.65. The lowest BCUT2D eigenvalue weighted by molar-refractivity contribution is 1.08. The van der Waals surface area contributed by atoms with Crippen LogP contribution < -0.4 is 4.90 Å². The van der Waals surface area contributed by atoms with Crippen molar-refractivity contribution in [2.45, 2.75) is 0 Å². The van der Waals surface area contributed by atoms with E-state index in [0.29, 0.717) is 5.95 Å². The topological polar surface area (TPSA) is 34.0 Å². The number of hydrogen-bond donors (Lipinski definition) is 0. The average molecular weight is 743 g/mol. The molecule has 10 aromatic rings. The normalized spacial score (nSPS) is 11.4. The molecule has 8 aromatic carbocycles. The summed E-state index contributed by atoms with van der Waals surface area (Å²) in [5.74, 6) is 0.580. The summed E-state index contributed by atoms with van der Waals surface area (Å²) in [7, 11) is 0. The second-order valence-corrected chi connectivity index (χ2v) is 14.3. The minimum absolute atomic E-state index is 0.580. The zero-order valence-electron chi connectivity index (χ0n) is 31.8. The van der Waals surface area contributed by atoms with Crippen LogP contribution in [0.2, 0.25) is 0 Å². The smallest absolute Gasteiger partial charge is 0.235 e. The molecule has 0 amide bonds. The van der Waals surface area contributed by atoms with Gasteiger partial charge in [-0.3, -0.25) is 4.90 Å². The van der Waals surface area contributed by atoms with Gasteiger partial charge in [-0.05, 0) is 99.8 Å². The number of hydrogen-bond acceptors (Lipinski definition) is 3. The third-order valence-electron chi connectivity index (χ3n) is 10.7. The molecule has 0 saturated carbocycles. The third kappa shape index (κ3) is 6.43. The lowest BCUT2D eigenvalue weighted by Gasteiger charge is -2.25. The highest BCUT2D eigenvalue weighted by atomic mass is 15.3. The first-order valence-electron chi connectivity index (χ1n) is 19.5. The van der Waals surface area contributed by atoms with Gasteiger partial charge in [0.25, 0.3) is 0 Å². The number of para-hydroxylation sites is 3. The Morgan fingerprint density at radius 3 is 1.88 bits per heavy atom. The van der Waals surface area contributed by atoms with Gasteiger partial charge in [0.2, 0.25) is 5.95 Å². The van der Waals surface area contributed by atoms with Crippen molar-refractivity contribution in [2.75, 3.05) is 4.90 Å². The van der Waals surface area contributed by atoms with Gasteiger partial charge in [0.05, 0.1) is 28.1 Å². The van der Waals surface area contributed by atoms with Crippen LogP contribution in [0.4, 0.5) is 17.3 Å². The van der Waals surface area contributed by atoms with Gasteiger partial charge in [-0.2, -0.15) is 0 Å². The molecule has 4 nitrogen and oxygen atoms in total. The molecule has 0 aliphatic carbocycles. The summed E-state index contributed by atoms with van der Waals surface area (Å²) in [6.45, 7) is 3.89. The predicted molar refractivity (Wildman–Crippen MR) is 244 cm³/mol. The van der Waals surface area contributed by atoms with Crippen molar-refractivity contribution in [2.24, 2.45) is 0 Å². The zero-order chi connectivity index (χ0) is 38.8. The van der Waals surface area contributed by atoms with E-state index in [1.54, 1.807) is 6.08 Å². The van der Waals surface area contributed by atoms with E-state index in [1.807, 2.05) is 42.5 Å². The molecule has 0 aliphatic rings. The first-order chi connectivity index (χ1) is 28.7. The summed E-state index contributed by atoms with van der Waals surface area (Å²) in [5.41, 5.74) is 12.8. The Balaban J connectivity index is 1.09. The van der Waals surface area contributed by atoms with E-state index in [0.717, 1.165) is 50.5 Å². The molecular weight excluding hydrogens is 705 g/mol. The summed E-state index contributed by atoms with van der Waals surface area (Å²) in [5, 5.41) is 4.79. The molecule has 0 spiro atoms. The zero-order valence-corrected chi connectivity index (χ0v) is 31.8. The molecule has 0 saturated heterocycles. The van der Waals surface area contributed by atoms with E-state index < -0.39 is 0 Å². The minimum atomic E-state index is 0.580. The maximum atomic E-state index is 5.21. The van der Waals surface area contributed by atoms with Crippen LogP contribution in [0.5, 0.6) is 0 Å². The lowest BCUT2D eigenvalue weighted by atomic mass is 9.95. The van der Waals surface area contributed by atoms with E-state index >= 15 is 0 Å². The van der Waals surface area contributed by atoms with Crippen molar-refractivity contribution in [3.05, 3.63) is 225 Å². The van der Waals surface area contributed by atoms with Gasteiger partial charge in [0, 0.05) is 27.7 Å². The largest absolute Gasteiger partial charge is 0.309 e. The van der Waals surface area contributed by atoms with Gasteiger partial charge >= 0.3 is 0 Å². The maximum absolute atomic E-state index is 5.21. The van der Waals surface area contributed by atoms with Crippen LogP contribution in [0.3, 0.4) is 0 Å². The van der Waals surface area contributed by atoms with Crippen LogP contribution in [-0.4, -0.2) is 14.5 Å². The Hall–Kier alpha value is -7.82. The van der Waals surface area contributed by atoms with Crippen LogP contribution in [0.25, 0.3) is 77.9 Å². The first kappa shape index (κ1) is 34.7. The molecule has 2 heterocycles. The van der Waals surface area contributed by atoms with E-state index in [4.69, 9.17) is 9.97 Å². The highest BCUT2D eigenvalue weighted by Crippen LogP contribution is 2.41. The number of rotatable bonds is 9. The molecule has 10 rings (SSSR count). The van der Waals surface area contributed by atoms with Gasteiger partial charge in [0.1, 0.15) is 0 Å². The fourth-order valence-electron chi connectivity index (χ4n) is 8.03. The first-order valence-corrected chi connectivity index (χ1v) is 19.5. The van der Waals surface area contributed by atoms with Crippen molar-refractivity contribution in [1.29, 1.82) is 0 Å². The Bertz CT molecular complexity index is 3110. The van der Waals surface area contributed by atoms with Crippen LogP contribution in [0, 0.1) is 0 Å². The Morgan fingerprint density at radius 2 is 1.10 bits per heavy atom. The van der Waals surface area contributed by atoms with Crippen molar-refractivity contribution >= 4 is 56.0 Å². The van der Waals surface area contributed by atoms with Crippen molar-refractivity contribution in [3.8, 4) is 39.2 Å². The van der Waals surface area contributed by atoms with Gasteiger partial charge in [-0.15, -0.1) is 0 Å². The van der Waals surface area contributed by atoms with Gasteiger partial charge in [-0.25, -0.2) is 9.97 Å². The van der Waals surface area contributed by atoms with E-state index in [9.17, 15) is 0 Å². The van der Waals surface area contributed by atoms with Crippen LogP contribution in [0.1, 0.15) is 5.69 Å². The molecule has 58 heavy (non-hydrogen) atoms. The van der Waals surface area contributed by atoms with E-state index in [1.165, 1.54) is 38.3 Å². The fraction of sp³-hybridized carbons (Fsp3) is 0. The second-order valence-electron chi connectivity index (χ2n) is 14.3. The highest BCUT2D eigenvalue weighted by molar-refractivity contribution is 6.10. The molecule has 0 aliphatic heterocycles. The Kier molecular flexibility index (Phi) is 8.97. The van der Waals surface area contributed by atoms with Crippen molar-refractivity contribution in [3.63, 3.8) is 0 Å². The average Bonchev–Trinajstić information content (AvgIpc) is 3.63. The number of benzene rings is 8. The number of aromatic nitrogens is 3. The van der Waals surface area contributed by atoms with Crippen LogP contribution in [0.15, 0.2) is 219 Å². The van der Waals surface area contributed by atoms with Crippen molar-refractivity contribution < 1.29 is 0 Å². The SMILES string of the molecule is C=C/C=C\c1cc(-c2ccccc2)nc(N(c2ccccc2)c2cc(-c3ccc(-c4ccc5c(c4)c4ccccc4n5-c4ccccc4)cc3)c3ccccc3c2)n1. The highest BCUT2D eigenvalue weighted by Gasteiger charge is 2.20. The molecule has 0 N–H and O–H groups in total. The molecule has 274 valence electrons. The van der Waals surface area contributed by atoms with Gasteiger partial charge < -0.3 is 4.57 Å². The molecule has 0 atom stereocenters. The quantitative estimate of drug-likeness (QED) is 0.138. The minimum Gasteiger partial charge on any atom is -0.309 e. The monoisotopic (exact) mass is 742 g/mol. The number of allylic oxidation sites excluding steroid dienone is 2. The molecule has 4 heteroatoms. The summed E-state index contributed by atoms with van der Waals surface area (Å²) in [4.78, 5) is 12.5. The molecule has 0 bridgehead atoms. The van der Waals surface area contributed by atoms with Crippen LogP contribution >= 0.6 is 0 Å². The lowest BCUT2D eigenvalue weighted by Crippen LogP contribution is -2.14. The van der Waals surface area contributed by atoms with Gasteiger partial charge in [-0.1, -0.05) is 158 Å². The van der Waals surface area contributed by atoms with E-state index in [-0.39, 0.29) is 0 Å². The van der Waals surface area contributed by atoms with Crippen LogP contribution in [-0.2, 0) is 0 Å². The number of nitrogens with zero attached hydrogens (tertiary/aromatic N) is 4. The maximum Gasteiger partial charge on any atom is 0.235 e. The summed E-state index contributed by atoms with van der Waals surface area (Å²) < 4.78 is 2.36. The fourth-order valence-corrected chi connectivity index (χ4v) is 8.03. The Morgan fingerprint density at radius 1 is 0.466 bits per heavy atom. The molecule has 0 unspecified atom stereocenters. The molecular formula is C54H38N4. The summed E-state index contributed by atoms with van der Waals surface area (Å²) in [6, 6.07) is 70.8. The standard InChI is InChI=1S/C54H38N4/c1-2-3-20-43-36-51(40-17-7-4-8-18-40)56-54(55-43)57(44-21-9-5-10-22-44)46-34-42-19-13-14-25-47(42)49(37-46)39-30-28-38(29-31-39)41-32-33-53-50(35-41)48-26-15-16-27-52(48)58(53)45-23-11-6-12-24-45/h2-37H,1H2/b20-3-. The Labute approximate surface area is 338 Å². The molecule has 0 radical (unpaired) electrons. The molecule has 2 aromatic heterocycles.